The van der Waals surface area contributed by atoms with Crippen molar-refractivity contribution < 1.29 is 24.6 Å². The molecule has 56 heavy (non-hydrogen) atoms. The van der Waals surface area contributed by atoms with E-state index in [2.05, 4.69) is 15.1 Å². The molecule has 2 aromatic carbocycles. The maximum atomic E-state index is 13.7. The zero-order valence-electron chi connectivity index (χ0n) is 32.0. The van der Waals surface area contributed by atoms with E-state index in [9.17, 15) is 24.6 Å². The van der Waals surface area contributed by atoms with E-state index in [1.54, 1.807) is 6.07 Å². The van der Waals surface area contributed by atoms with E-state index >= 15 is 0 Å². The molecule has 8 rings (SSSR count). The summed E-state index contributed by atoms with van der Waals surface area (Å²) in [6.45, 7) is 4.85. The molecule has 2 bridgehead atoms. The molecule has 296 valence electrons. The van der Waals surface area contributed by atoms with E-state index in [1.165, 1.54) is 0 Å². The average molecular weight is 803 g/mol. The lowest BCUT2D eigenvalue weighted by atomic mass is 9.80. The molecule has 4 aromatic rings. The minimum atomic E-state index is -0.628. The van der Waals surface area contributed by atoms with E-state index < -0.39 is 11.4 Å². The van der Waals surface area contributed by atoms with Crippen LogP contribution in [0.1, 0.15) is 94.5 Å². The molecule has 2 aliphatic carbocycles. The van der Waals surface area contributed by atoms with Gasteiger partial charge in [0.2, 0.25) is 5.78 Å². The Hall–Kier alpha value is -4.07. The van der Waals surface area contributed by atoms with Gasteiger partial charge in [0, 0.05) is 95.2 Å². The quantitative estimate of drug-likeness (QED) is 0.132. The molecule has 0 unspecified atom stereocenters. The van der Waals surface area contributed by atoms with Gasteiger partial charge in [-0.05, 0) is 68.5 Å². The molecule has 4 aliphatic rings. The maximum Gasteiger partial charge on any atom is 0.309 e. The molecule has 12 nitrogen and oxygen atoms in total. The number of aromatic nitrogens is 4. The summed E-state index contributed by atoms with van der Waals surface area (Å²) in [6.07, 6.45) is 7.69. The standard InChI is InChI=1S/C42H49Cl2N7O5/c1-48-32-10-18-50(17-5-21-52)23-30(32)45-37(48)34(53)22-26-6-3-7-27(35(26)43)28-8-4-9-29(36(28)44)47-39(54)38-46-31-24-51(19-11-33(31)49(38)2)20-16-41-12-14-42(25-41,15-13-41)40(55)56/h3-4,6-9,52H,5,10-25H2,1-2H3,(H,47,54)(H,55,56). The van der Waals surface area contributed by atoms with Crippen molar-refractivity contribution in [2.24, 2.45) is 24.9 Å². The number of anilines is 1. The number of aliphatic carboxylic acids is 1. The van der Waals surface area contributed by atoms with E-state index in [-0.39, 0.29) is 30.1 Å². The van der Waals surface area contributed by atoms with Gasteiger partial charge < -0.3 is 24.7 Å². The number of hydrogen-bond acceptors (Lipinski definition) is 8. The van der Waals surface area contributed by atoms with Crippen molar-refractivity contribution in [2.75, 3.05) is 38.1 Å². The lowest BCUT2D eigenvalue weighted by Crippen LogP contribution is -2.34. The van der Waals surface area contributed by atoms with Gasteiger partial charge >= 0.3 is 5.97 Å². The fourth-order valence-electron chi connectivity index (χ4n) is 9.84. The number of nitrogens with one attached hydrogen (secondary N) is 1. The van der Waals surface area contributed by atoms with Crippen LogP contribution >= 0.6 is 23.2 Å². The maximum absolute atomic E-state index is 13.7. The predicted molar refractivity (Wildman–Crippen MR) is 214 cm³/mol. The number of rotatable bonds is 13. The minimum absolute atomic E-state index is 0.0617. The Kier molecular flexibility index (Phi) is 10.6. The fourth-order valence-corrected chi connectivity index (χ4v) is 10.4. The first kappa shape index (κ1) is 38.8. The summed E-state index contributed by atoms with van der Waals surface area (Å²) >= 11 is 14.0. The Bertz CT molecular complexity index is 2200. The summed E-state index contributed by atoms with van der Waals surface area (Å²) in [6, 6.07) is 10.9. The SMILES string of the molecule is Cn1c(C(=O)Cc2cccc(-c3cccc(NC(=O)c4nc5c(n4C)CCN(CCC46CCC(C(=O)O)(CC4)C6)C5)c3Cl)c2Cl)nc2c1CCN(CCCO)C2. The number of nitrogens with zero attached hydrogens (tertiary/aromatic N) is 6. The molecule has 2 saturated carbocycles. The van der Waals surface area contributed by atoms with Crippen molar-refractivity contribution in [1.29, 1.82) is 0 Å². The lowest BCUT2D eigenvalue weighted by Gasteiger charge is -2.32. The number of aliphatic hydroxyl groups excluding tert-OH is 1. The van der Waals surface area contributed by atoms with Gasteiger partial charge in [-0.2, -0.15) is 0 Å². The van der Waals surface area contributed by atoms with Crippen LogP contribution in [0.2, 0.25) is 10.0 Å². The Morgan fingerprint density at radius 3 is 2.07 bits per heavy atom. The van der Waals surface area contributed by atoms with Crippen LogP contribution in [0.25, 0.3) is 11.1 Å². The van der Waals surface area contributed by atoms with Crippen molar-refractivity contribution in [2.45, 2.75) is 77.3 Å². The molecule has 1 amide bonds. The first-order valence-electron chi connectivity index (χ1n) is 19.7. The second kappa shape index (κ2) is 15.4. The minimum Gasteiger partial charge on any atom is -0.481 e. The number of carbonyl (C=O) groups is 3. The lowest BCUT2D eigenvalue weighted by molar-refractivity contribution is -0.148. The third-order valence-electron chi connectivity index (χ3n) is 13.1. The molecule has 4 heterocycles. The monoisotopic (exact) mass is 801 g/mol. The summed E-state index contributed by atoms with van der Waals surface area (Å²) in [5.74, 6) is -0.421. The summed E-state index contributed by atoms with van der Waals surface area (Å²) < 4.78 is 3.77. The molecule has 0 atom stereocenters. The molecule has 2 aliphatic heterocycles. The van der Waals surface area contributed by atoms with Crippen molar-refractivity contribution in [1.82, 2.24) is 28.9 Å². The van der Waals surface area contributed by atoms with Crippen LogP contribution in [0.5, 0.6) is 0 Å². The second-order valence-corrected chi connectivity index (χ2v) is 17.2. The van der Waals surface area contributed by atoms with Crippen molar-refractivity contribution in [3.05, 3.63) is 86.4 Å². The van der Waals surface area contributed by atoms with Gasteiger partial charge in [0.1, 0.15) is 0 Å². The Morgan fingerprint density at radius 2 is 1.43 bits per heavy atom. The third kappa shape index (κ3) is 7.08. The van der Waals surface area contributed by atoms with Crippen molar-refractivity contribution in [3.8, 4) is 11.1 Å². The molecule has 14 heteroatoms. The van der Waals surface area contributed by atoms with Gasteiger partial charge in [0.25, 0.3) is 5.91 Å². The number of Topliss-reactive ketones (excluding diaryl/α,β-unsaturated/α-hetero) is 1. The number of benzene rings is 2. The Labute approximate surface area is 336 Å². The summed E-state index contributed by atoms with van der Waals surface area (Å²) in [7, 11) is 3.76. The van der Waals surface area contributed by atoms with Crippen LogP contribution in [0, 0.1) is 10.8 Å². The molecule has 3 N–H and O–H groups in total. The highest BCUT2D eigenvalue weighted by Gasteiger charge is 2.57. The molecule has 0 saturated heterocycles. The number of carboxylic acids is 1. The molecular formula is C42H49Cl2N7O5. The van der Waals surface area contributed by atoms with E-state index in [0.717, 1.165) is 100 Å². The van der Waals surface area contributed by atoms with E-state index in [4.69, 9.17) is 33.2 Å². The second-order valence-electron chi connectivity index (χ2n) is 16.4. The first-order chi connectivity index (χ1) is 26.9. The van der Waals surface area contributed by atoms with Crippen LogP contribution in [0.15, 0.2) is 36.4 Å². The van der Waals surface area contributed by atoms with E-state index in [0.29, 0.717) is 63.6 Å². The number of carboxylic acid groups (broad SMARTS) is 1. The zero-order chi connectivity index (χ0) is 39.4. The Balaban J connectivity index is 0.936. The topological polar surface area (TPSA) is 146 Å². The Morgan fingerprint density at radius 1 is 0.821 bits per heavy atom. The van der Waals surface area contributed by atoms with Gasteiger partial charge in [0.05, 0.1) is 32.5 Å². The molecular weight excluding hydrogens is 753 g/mol. The van der Waals surface area contributed by atoms with Gasteiger partial charge in [-0.25, -0.2) is 9.97 Å². The summed E-state index contributed by atoms with van der Waals surface area (Å²) in [5.41, 5.74) is 5.86. The van der Waals surface area contributed by atoms with Crippen molar-refractivity contribution >= 4 is 46.5 Å². The fraction of sp³-hybridized carbons (Fsp3) is 0.500. The molecule has 0 radical (unpaired) electrons. The van der Waals surface area contributed by atoms with E-state index in [1.807, 2.05) is 53.6 Å². The number of ketones is 1. The number of amides is 1. The van der Waals surface area contributed by atoms with Crippen LogP contribution in [-0.2, 0) is 51.2 Å². The van der Waals surface area contributed by atoms with Crippen LogP contribution in [0.4, 0.5) is 5.69 Å². The van der Waals surface area contributed by atoms with Crippen LogP contribution in [0.3, 0.4) is 0 Å². The number of imidazole rings is 2. The van der Waals surface area contributed by atoms with Gasteiger partial charge in [0.15, 0.2) is 11.6 Å². The number of hydrogen-bond donors (Lipinski definition) is 3. The third-order valence-corrected chi connectivity index (χ3v) is 14.0. The summed E-state index contributed by atoms with van der Waals surface area (Å²) in [5, 5.41) is 22.8. The summed E-state index contributed by atoms with van der Waals surface area (Å²) in [4.78, 5) is 53.5. The highest BCUT2D eigenvalue weighted by molar-refractivity contribution is 6.39. The highest BCUT2D eigenvalue weighted by Crippen LogP contribution is 2.63. The molecule has 2 aromatic heterocycles. The normalized spacial score (nSPS) is 21.9. The number of fused-ring (bicyclic) bond motifs is 4. The smallest absolute Gasteiger partial charge is 0.309 e. The van der Waals surface area contributed by atoms with Gasteiger partial charge in [-0.3, -0.25) is 24.2 Å². The van der Waals surface area contributed by atoms with Gasteiger partial charge in [-0.1, -0.05) is 53.5 Å². The number of halogens is 2. The predicted octanol–water partition coefficient (Wildman–Crippen LogP) is 6.33. The van der Waals surface area contributed by atoms with Crippen molar-refractivity contribution in [3.63, 3.8) is 0 Å². The largest absolute Gasteiger partial charge is 0.481 e. The number of carbonyl (C=O) groups excluding carboxylic acids is 2. The highest BCUT2D eigenvalue weighted by atomic mass is 35.5. The zero-order valence-corrected chi connectivity index (χ0v) is 33.6. The first-order valence-corrected chi connectivity index (χ1v) is 20.5. The van der Waals surface area contributed by atoms with Gasteiger partial charge in [-0.15, -0.1) is 0 Å². The number of aliphatic hydroxyl groups is 1. The molecule has 2 fully saturated rings. The molecule has 0 spiro atoms. The van der Waals surface area contributed by atoms with Crippen LogP contribution < -0.4 is 5.32 Å². The average Bonchev–Trinajstić information content (AvgIpc) is 3.95. The van der Waals surface area contributed by atoms with Crippen LogP contribution in [-0.4, -0.2) is 89.6 Å².